The number of benzene rings is 3. The molecule has 0 aliphatic carbocycles. The Labute approximate surface area is 185 Å². The summed E-state index contributed by atoms with van der Waals surface area (Å²) in [4.78, 5) is 13.2. The third-order valence-corrected chi connectivity index (χ3v) is 6.61. The molecular formula is C22H22N2O5S2. The number of anilines is 2. The van der Waals surface area contributed by atoms with E-state index < -0.39 is 10.0 Å². The molecule has 1 amide bonds. The van der Waals surface area contributed by atoms with Crippen molar-refractivity contribution in [3.63, 3.8) is 0 Å². The van der Waals surface area contributed by atoms with E-state index >= 15 is 0 Å². The van der Waals surface area contributed by atoms with Crippen molar-refractivity contribution in [3.8, 4) is 11.5 Å². The van der Waals surface area contributed by atoms with Crippen LogP contribution in [0.4, 0.5) is 11.4 Å². The first-order valence-electron chi connectivity index (χ1n) is 9.24. The van der Waals surface area contributed by atoms with Crippen LogP contribution in [0.3, 0.4) is 0 Å². The molecule has 0 aliphatic heterocycles. The van der Waals surface area contributed by atoms with Crippen LogP contribution in [0.25, 0.3) is 0 Å². The third kappa shape index (κ3) is 6.16. The average molecular weight is 459 g/mol. The first-order valence-corrected chi connectivity index (χ1v) is 11.7. The Kier molecular flexibility index (Phi) is 7.43. The van der Waals surface area contributed by atoms with Crippen molar-refractivity contribution in [1.29, 1.82) is 0 Å². The van der Waals surface area contributed by atoms with Gasteiger partial charge in [-0.1, -0.05) is 18.2 Å². The second kappa shape index (κ2) is 10.2. The zero-order chi connectivity index (χ0) is 22.3. The van der Waals surface area contributed by atoms with Gasteiger partial charge in [-0.3, -0.25) is 9.52 Å². The van der Waals surface area contributed by atoms with Crippen molar-refractivity contribution in [2.45, 2.75) is 9.79 Å². The monoisotopic (exact) mass is 458 g/mol. The van der Waals surface area contributed by atoms with Crippen molar-refractivity contribution in [3.05, 3.63) is 72.8 Å². The maximum Gasteiger partial charge on any atom is 0.265 e. The second-order valence-electron chi connectivity index (χ2n) is 6.35. The van der Waals surface area contributed by atoms with Crippen molar-refractivity contribution in [2.24, 2.45) is 0 Å². The second-order valence-corrected chi connectivity index (χ2v) is 9.05. The highest BCUT2D eigenvalue weighted by atomic mass is 32.2. The van der Waals surface area contributed by atoms with Gasteiger partial charge in [0.1, 0.15) is 16.4 Å². The Hall–Kier alpha value is -3.17. The molecule has 2 N–H and O–H groups in total. The summed E-state index contributed by atoms with van der Waals surface area (Å²) < 4.78 is 38.7. The molecule has 0 unspecified atom stereocenters. The van der Waals surface area contributed by atoms with Gasteiger partial charge in [0.15, 0.2) is 0 Å². The molecule has 0 bridgehead atoms. The van der Waals surface area contributed by atoms with Gasteiger partial charge >= 0.3 is 0 Å². The van der Waals surface area contributed by atoms with E-state index in [-0.39, 0.29) is 22.3 Å². The predicted octanol–water partition coefficient (Wildman–Crippen LogP) is 4.24. The lowest BCUT2D eigenvalue weighted by molar-refractivity contribution is -0.113. The summed E-state index contributed by atoms with van der Waals surface area (Å²) in [6.07, 6.45) is 0. The molecule has 3 aromatic carbocycles. The predicted molar refractivity (Wildman–Crippen MR) is 123 cm³/mol. The van der Waals surface area contributed by atoms with E-state index in [4.69, 9.17) is 9.47 Å². The van der Waals surface area contributed by atoms with Gasteiger partial charge in [-0.15, -0.1) is 11.8 Å². The van der Waals surface area contributed by atoms with E-state index in [1.54, 1.807) is 30.3 Å². The molecule has 0 spiro atoms. The molecule has 0 aliphatic rings. The topological polar surface area (TPSA) is 93.7 Å². The van der Waals surface area contributed by atoms with Crippen molar-refractivity contribution < 1.29 is 22.7 Å². The number of carbonyl (C=O) groups is 1. The number of rotatable bonds is 9. The van der Waals surface area contributed by atoms with Crippen LogP contribution in [0.15, 0.2) is 82.6 Å². The number of hydrogen-bond acceptors (Lipinski definition) is 6. The highest BCUT2D eigenvalue weighted by molar-refractivity contribution is 8.00. The van der Waals surface area contributed by atoms with E-state index in [9.17, 15) is 13.2 Å². The standard InChI is InChI=1S/C22H22N2O5S2/c1-28-18-11-8-16(9-12-18)24-31(26,27)21-14-17(10-13-20(21)29-2)23-22(25)15-30-19-6-4-3-5-7-19/h3-14,24H,15H2,1-2H3,(H,23,25). The highest BCUT2D eigenvalue weighted by Crippen LogP contribution is 2.29. The molecule has 31 heavy (non-hydrogen) atoms. The Bertz CT molecular complexity index is 1130. The zero-order valence-corrected chi connectivity index (χ0v) is 18.6. The summed E-state index contributed by atoms with van der Waals surface area (Å²) in [5, 5.41) is 2.73. The first kappa shape index (κ1) is 22.5. The van der Waals surface area contributed by atoms with Crippen LogP contribution in [-0.2, 0) is 14.8 Å². The normalized spacial score (nSPS) is 10.9. The van der Waals surface area contributed by atoms with Gasteiger partial charge in [0.05, 0.1) is 20.0 Å². The lowest BCUT2D eigenvalue weighted by Crippen LogP contribution is -2.17. The Morgan fingerprint density at radius 2 is 1.58 bits per heavy atom. The summed E-state index contributed by atoms with van der Waals surface area (Å²) in [5.74, 6) is 0.726. The number of sulfonamides is 1. The van der Waals surface area contributed by atoms with E-state index in [0.717, 1.165) is 4.90 Å². The van der Waals surface area contributed by atoms with Crippen LogP contribution in [0.1, 0.15) is 0 Å². The third-order valence-electron chi connectivity index (χ3n) is 4.19. The van der Waals surface area contributed by atoms with Gasteiger partial charge in [-0.25, -0.2) is 8.42 Å². The molecule has 0 fully saturated rings. The van der Waals surface area contributed by atoms with Crippen molar-refractivity contribution in [2.75, 3.05) is 30.0 Å². The van der Waals surface area contributed by atoms with Crippen LogP contribution >= 0.6 is 11.8 Å². The Balaban J connectivity index is 1.75. The van der Waals surface area contributed by atoms with Gasteiger partial charge in [0, 0.05) is 16.3 Å². The molecule has 0 saturated heterocycles. The molecule has 0 radical (unpaired) electrons. The molecule has 3 aromatic rings. The molecule has 162 valence electrons. The van der Waals surface area contributed by atoms with Crippen LogP contribution in [-0.4, -0.2) is 34.3 Å². The molecule has 0 saturated carbocycles. The van der Waals surface area contributed by atoms with Gasteiger partial charge < -0.3 is 14.8 Å². The summed E-state index contributed by atoms with van der Waals surface area (Å²) in [6.45, 7) is 0. The molecule has 9 heteroatoms. The van der Waals surface area contributed by atoms with E-state index in [0.29, 0.717) is 17.1 Å². The molecule has 3 rings (SSSR count). The minimum absolute atomic E-state index is 0.0840. The summed E-state index contributed by atoms with van der Waals surface area (Å²) in [7, 11) is -1.05. The fraction of sp³-hybridized carbons (Fsp3) is 0.136. The average Bonchev–Trinajstić information content (AvgIpc) is 2.78. The number of methoxy groups -OCH3 is 2. The van der Waals surface area contributed by atoms with E-state index in [1.807, 2.05) is 30.3 Å². The van der Waals surface area contributed by atoms with Crippen molar-refractivity contribution in [1.82, 2.24) is 0 Å². The SMILES string of the molecule is COc1ccc(NS(=O)(=O)c2cc(NC(=O)CSc3ccccc3)ccc2OC)cc1. The summed E-state index contributed by atoms with van der Waals surface area (Å²) in [6, 6.07) is 20.5. The largest absolute Gasteiger partial charge is 0.497 e. The maximum absolute atomic E-state index is 12.9. The number of thioether (sulfide) groups is 1. The lowest BCUT2D eigenvalue weighted by Gasteiger charge is -2.14. The van der Waals surface area contributed by atoms with Gasteiger partial charge in [-0.2, -0.15) is 0 Å². The molecular weight excluding hydrogens is 436 g/mol. The number of carbonyl (C=O) groups excluding carboxylic acids is 1. The minimum Gasteiger partial charge on any atom is -0.497 e. The molecule has 0 aromatic heterocycles. The van der Waals surface area contributed by atoms with Crippen molar-refractivity contribution >= 4 is 39.1 Å². The zero-order valence-electron chi connectivity index (χ0n) is 17.0. The quantitative estimate of drug-likeness (QED) is 0.466. The number of amides is 1. The lowest BCUT2D eigenvalue weighted by atomic mass is 10.3. The summed E-state index contributed by atoms with van der Waals surface area (Å²) >= 11 is 1.39. The van der Waals surface area contributed by atoms with Crippen LogP contribution in [0, 0.1) is 0 Å². The Morgan fingerprint density at radius 3 is 2.23 bits per heavy atom. The number of hydrogen-bond donors (Lipinski definition) is 2. The van der Waals surface area contributed by atoms with Gasteiger partial charge in [0.2, 0.25) is 5.91 Å². The summed E-state index contributed by atoms with van der Waals surface area (Å²) in [5.41, 5.74) is 0.728. The molecule has 0 heterocycles. The fourth-order valence-electron chi connectivity index (χ4n) is 2.70. The fourth-order valence-corrected chi connectivity index (χ4v) is 4.67. The molecule has 7 nitrogen and oxygen atoms in total. The molecule has 0 atom stereocenters. The smallest absolute Gasteiger partial charge is 0.265 e. The number of ether oxygens (including phenoxy) is 2. The van der Waals surface area contributed by atoms with Gasteiger partial charge in [-0.05, 0) is 54.6 Å². The van der Waals surface area contributed by atoms with Crippen LogP contribution < -0.4 is 19.5 Å². The number of nitrogens with one attached hydrogen (secondary N) is 2. The van der Waals surface area contributed by atoms with Crippen LogP contribution in [0.5, 0.6) is 11.5 Å². The minimum atomic E-state index is -3.96. The first-order chi connectivity index (χ1) is 14.9. The highest BCUT2D eigenvalue weighted by Gasteiger charge is 2.21. The maximum atomic E-state index is 12.9. The van der Waals surface area contributed by atoms with Crippen LogP contribution in [0.2, 0.25) is 0 Å². The Morgan fingerprint density at radius 1 is 0.903 bits per heavy atom. The van der Waals surface area contributed by atoms with E-state index in [2.05, 4.69) is 10.0 Å². The van der Waals surface area contributed by atoms with E-state index in [1.165, 1.54) is 38.1 Å². The van der Waals surface area contributed by atoms with Gasteiger partial charge in [0.25, 0.3) is 10.0 Å².